The summed E-state index contributed by atoms with van der Waals surface area (Å²) in [6, 6.07) is 11.9. The first kappa shape index (κ1) is 21.4. The van der Waals surface area contributed by atoms with E-state index in [4.69, 9.17) is 9.47 Å². The third-order valence-corrected chi connectivity index (χ3v) is 6.37. The zero-order valence-electron chi connectivity index (χ0n) is 18.7. The molecule has 0 atom stereocenters. The zero-order valence-corrected chi connectivity index (χ0v) is 18.7. The van der Waals surface area contributed by atoms with Crippen molar-refractivity contribution in [3.63, 3.8) is 0 Å². The van der Waals surface area contributed by atoms with Crippen molar-refractivity contribution in [2.75, 3.05) is 19.7 Å². The van der Waals surface area contributed by atoms with Crippen molar-refractivity contribution in [2.24, 2.45) is 0 Å². The molecule has 0 N–H and O–H groups in total. The van der Waals surface area contributed by atoms with Crippen LogP contribution in [-0.4, -0.2) is 41.9 Å². The average Bonchev–Trinajstić information content (AvgIpc) is 2.75. The molecule has 2 aliphatic rings. The Kier molecular flexibility index (Phi) is 6.03. The molecule has 1 amide bonds. The maximum atomic E-state index is 12.8. The predicted octanol–water partition coefficient (Wildman–Crippen LogP) is 4.66. The number of likely N-dealkylation sites (tertiary alicyclic amines) is 1. The van der Waals surface area contributed by atoms with Gasteiger partial charge >= 0.3 is 0 Å². The molecule has 0 aliphatic carbocycles. The highest BCUT2D eigenvalue weighted by Crippen LogP contribution is 2.41. The van der Waals surface area contributed by atoms with Crippen LogP contribution in [0, 0.1) is 13.8 Å². The van der Waals surface area contributed by atoms with Gasteiger partial charge in [-0.05, 0) is 55.2 Å². The number of hydrogen-bond acceptors (Lipinski definition) is 4. The lowest BCUT2D eigenvalue weighted by Crippen LogP contribution is -2.53. The summed E-state index contributed by atoms with van der Waals surface area (Å²) in [5.41, 5.74) is 3.54. The van der Waals surface area contributed by atoms with Crippen LogP contribution in [0.2, 0.25) is 0 Å². The SMILES string of the molecule is CCCc1ccc(OCC(=O)N2CCC3(CC2)CC(=O)c2cc(C)cc(C)c2O3)cc1. The smallest absolute Gasteiger partial charge is 0.260 e. The Morgan fingerprint density at radius 3 is 2.52 bits per heavy atom. The van der Waals surface area contributed by atoms with Crippen LogP contribution >= 0.6 is 0 Å². The molecular formula is C26H31NO4. The minimum absolute atomic E-state index is 0.0261. The Labute approximate surface area is 184 Å². The fourth-order valence-electron chi connectivity index (χ4n) is 4.66. The van der Waals surface area contributed by atoms with E-state index in [1.54, 1.807) is 0 Å². The largest absolute Gasteiger partial charge is 0.486 e. The number of aryl methyl sites for hydroxylation is 3. The molecule has 4 rings (SSSR count). The zero-order chi connectivity index (χ0) is 22.0. The van der Waals surface area contributed by atoms with E-state index in [9.17, 15) is 9.59 Å². The number of carbonyl (C=O) groups excluding carboxylic acids is 2. The van der Waals surface area contributed by atoms with E-state index >= 15 is 0 Å². The average molecular weight is 422 g/mol. The fourth-order valence-corrected chi connectivity index (χ4v) is 4.66. The monoisotopic (exact) mass is 421 g/mol. The molecule has 2 aliphatic heterocycles. The van der Waals surface area contributed by atoms with E-state index in [1.807, 2.05) is 49.1 Å². The van der Waals surface area contributed by atoms with E-state index in [0.717, 1.165) is 29.7 Å². The Balaban J connectivity index is 1.34. The van der Waals surface area contributed by atoms with E-state index in [-0.39, 0.29) is 18.3 Å². The van der Waals surface area contributed by atoms with Crippen LogP contribution in [-0.2, 0) is 11.2 Å². The number of hydrogen-bond donors (Lipinski definition) is 0. The highest BCUT2D eigenvalue weighted by atomic mass is 16.5. The summed E-state index contributed by atoms with van der Waals surface area (Å²) in [6.07, 6.45) is 3.84. The minimum Gasteiger partial charge on any atom is -0.486 e. The van der Waals surface area contributed by atoms with Crippen molar-refractivity contribution in [1.29, 1.82) is 0 Å². The summed E-state index contributed by atoms with van der Waals surface area (Å²) in [4.78, 5) is 27.3. The number of ether oxygens (including phenoxy) is 2. The van der Waals surface area contributed by atoms with Gasteiger partial charge in [-0.15, -0.1) is 0 Å². The van der Waals surface area contributed by atoms with Crippen molar-refractivity contribution in [2.45, 2.75) is 58.5 Å². The second kappa shape index (κ2) is 8.74. The van der Waals surface area contributed by atoms with Gasteiger partial charge in [0.2, 0.25) is 0 Å². The van der Waals surface area contributed by atoms with Gasteiger partial charge in [-0.1, -0.05) is 31.5 Å². The topological polar surface area (TPSA) is 55.8 Å². The van der Waals surface area contributed by atoms with Crippen LogP contribution in [0.3, 0.4) is 0 Å². The lowest BCUT2D eigenvalue weighted by atomic mass is 9.81. The van der Waals surface area contributed by atoms with Gasteiger partial charge in [-0.3, -0.25) is 9.59 Å². The standard InChI is InChI=1S/C26H31NO4/c1-4-5-20-6-8-21(9-7-20)30-17-24(29)27-12-10-26(11-13-27)16-23(28)22-15-18(2)14-19(3)25(22)31-26/h6-9,14-15H,4-5,10-13,16-17H2,1-3H3. The number of nitrogens with zero attached hydrogens (tertiary/aromatic N) is 1. The Hall–Kier alpha value is -2.82. The minimum atomic E-state index is -0.503. The molecule has 2 aromatic rings. The van der Waals surface area contributed by atoms with E-state index in [0.29, 0.717) is 43.7 Å². The normalized spacial score (nSPS) is 17.3. The molecule has 2 heterocycles. The van der Waals surface area contributed by atoms with Crippen LogP contribution in [0.4, 0.5) is 0 Å². The number of benzene rings is 2. The Morgan fingerprint density at radius 2 is 1.84 bits per heavy atom. The van der Waals surface area contributed by atoms with Gasteiger partial charge in [0.05, 0.1) is 12.0 Å². The molecule has 1 fully saturated rings. The van der Waals surface area contributed by atoms with E-state index in [2.05, 4.69) is 13.0 Å². The molecule has 0 radical (unpaired) electrons. The van der Waals surface area contributed by atoms with Crippen molar-refractivity contribution in [3.8, 4) is 11.5 Å². The molecule has 5 nitrogen and oxygen atoms in total. The maximum absolute atomic E-state index is 12.8. The molecule has 0 aromatic heterocycles. The molecule has 31 heavy (non-hydrogen) atoms. The summed E-state index contributed by atoms with van der Waals surface area (Å²) in [6.45, 7) is 7.32. The number of carbonyl (C=O) groups is 2. The van der Waals surface area contributed by atoms with E-state index < -0.39 is 5.60 Å². The lowest BCUT2D eigenvalue weighted by molar-refractivity contribution is -0.136. The first-order chi connectivity index (χ1) is 14.9. The van der Waals surface area contributed by atoms with Crippen LogP contribution in [0.5, 0.6) is 11.5 Å². The Morgan fingerprint density at radius 1 is 1.13 bits per heavy atom. The van der Waals surface area contributed by atoms with Crippen LogP contribution in [0.25, 0.3) is 0 Å². The molecule has 1 spiro atoms. The van der Waals surface area contributed by atoms with Crippen molar-refractivity contribution in [3.05, 3.63) is 58.7 Å². The molecular weight excluding hydrogens is 390 g/mol. The summed E-state index contributed by atoms with van der Waals surface area (Å²) in [5, 5.41) is 0. The van der Waals surface area contributed by atoms with E-state index in [1.165, 1.54) is 5.56 Å². The molecule has 0 unspecified atom stereocenters. The number of rotatable bonds is 5. The third kappa shape index (κ3) is 4.60. The van der Waals surface area contributed by atoms with Crippen LogP contribution in [0.1, 0.15) is 59.7 Å². The van der Waals surface area contributed by atoms with Gasteiger partial charge in [0, 0.05) is 25.9 Å². The first-order valence-electron chi connectivity index (χ1n) is 11.2. The number of amides is 1. The molecule has 1 saturated heterocycles. The predicted molar refractivity (Wildman–Crippen MR) is 120 cm³/mol. The van der Waals surface area contributed by atoms with Gasteiger partial charge in [-0.2, -0.15) is 0 Å². The molecule has 5 heteroatoms. The van der Waals surface area contributed by atoms with Crippen molar-refractivity contribution in [1.82, 2.24) is 4.90 Å². The second-order valence-corrected chi connectivity index (χ2v) is 8.91. The lowest BCUT2D eigenvalue weighted by Gasteiger charge is -2.44. The summed E-state index contributed by atoms with van der Waals surface area (Å²) in [5.74, 6) is 1.55. The highest BCUT2D eigenvalue weighted by Gasteiger charge is 2.44. The Bertz CT molecular complexity index is 972. The molecule has 0 bridgehead atoms. The van der Waals surface area contributed by atoms with Crippen molar-refractivity contribution >= 4 is 11.7 Å². The van der Waals surface area contributed by atoms with Crippen LogP contribution in [0.15, 0.2) is 36.4 Å². The molecule has 164 valence electrons. The number of fused-ring (bicyclic) bond motifs is 1. The first-order valence-corrected chi connectivity index (χ1v) is 11.2. The van der Waals surface area contributed by atoms with Crippen LogP contribution < -0.4 is 9.47 Å². The quantitative estimate of drug-likeness (QED) is 0.705. The molecule has 0 saturated carbocycles. The van der Waals surface area contributed by atoms with Gasteiger partial charge in [0.25, 0.3) is 5.91 Å². The second-order valence-electron chi connectivity index (χ2n) is 8.91. The number of ketones is 1. The molecule has 2 aromatic carbocycles. The summed E-state index contributed by atoms with van der Waals surface area (Å²) in [7, 11) is 0. The fraction of sp³-hybridized carbons (Fsp3) is 0.462. The van der Waals surface area contributed by atoms with Gasteiger partial charge in [0.15, 0.2) is 12.4 Å². The third-order valence-electron chi connectivity index (χ3n) is 6.37. The summed E-state index contributed by atoms with van der Waals surface area (Å²) >= 11 is 0. The highest BCUT2D eigenvalue weighted by molar-refractivity contribution is 6.01. The van der Waals surface area contributed by atoms with Gasteiger partial charge in [0.1, 0.15) is 17.1 Å². The number of piperidine rings is 1. The van der Waals surface area contributed by atoms with Gasteiger partial charge in [-0.25, -0.2) is 0 Å². The van der Waals surface area contributed by atoms with Crippen molar-refractivity contribution < 1.29 is 19.1 Å². The summed E-state index contributed by atoms with van der Waals surface area (Å²) < 4.78 is 12.1. The number of Topliss-reactive ketones (excluding diaryl/α,β-unsaturated/α-hetero) is 1. The van der Waals surface area contributed by atoms with Gasteiger partial charge < -0.3 is 14.4 Å². The maximum Gasteiger partial charge on any atom is 0.260 e.